The molecule has 0 aliphatic heterocycles. The maximum atomic E-state index is 12.2. The Morgan fingerprint density at radius 1 is 0.486 bits per heavy atom. The van der Waals surface area contributed by atoms with Gasteiger partial charge in [-0.05, 0) is 12.8 Å². The molecule has 0 radical (unpaired) electrons. The molecule has 3 N–H and O–H groups in total. The number of unbranched alkanes of at least 4 members (excludes halogenated alkanes) is 13. The Morgan fingerprint density at radius 3 is 0.971 bits per heavy atom. The molecule has 0 aromatic heterocycles. The highest BCUT2D eigenvalue weighted by molar-refractivity contribution is 5.78. The normalized spacial score (nSPS) is 15.8. The van der Waals surface area contributed by atoms with Gasteiger partial charge < -0.3 is 15.3 Å². The van der Waals surface area contributed by atoms with Crippen molar-refractivity contribution < 1.29 is 34.2 Å². The third kappa shape index (κ3) is 11.3. The van der Waals surface area contributed by atoms with Crippen molar-refractivity contribution in [3.8, 4) is 0 Å². The third-order valence-electron chi connectivity index (χ3n) is 7.66. The number of hydrogen-bond donors (Lipinski definition) is 3. The van der Waals surface area contributed by atoms with Crippen LogP contribution in [-0.4, -0.2) is 62.4 Å². The van der Waals surface area contributed by atoms with E-state index in [1.807, 2.05) is 0 Å². The van der Waals surface area contributed by atoms with Gasteiger partial charge in [-0.3, -0.25) is 4.48 Å². The molecular formula is C28H54NO6+. The number of quaternary nitrogens is 1. The maximum absolute atomic E-state index is 12.2. The van der Waals surface area contributed by atoms with E-state index >= 15 is 0 Å². The lowest BCUT2D eigenvalue weighted by atomic mass is 9.93. The van der Waals surface area contributed by atoms with Crippen molar-refractivity contribution >= 4 is 17.9 Å². The van der Waals surface area contributed by atoms with Crippen LogP contribution in [0.3, 0.4) is 0 Å². The molecule has 206 valence electrons. The number of carbonyl (C=O) groups is 3. The largest absolute Gasteiger partial charge is 0.477 e. The molecule has 0 heterocycles. The fraction of sp³-hybridized carbons (Fsp3) is 0.893. The zero-order valence-corrected chi connectivity index (χ0v) is 23.0. The summed E-state index contributed by atoms with van der Waals surface area (Å²) in [6.07, 6.45) is 17.2. The van der Waals surface area contributed by atoms with Gasteiger partial charge in [0.25, 0.3) is 0 Å². The molecule has 0 spiro atoms. The summed E-state index contributed by atoms with van der Waals surface area (Å²) >= 11 is 0. The summed E-state index contributed by atoms with van der Waals surface area (Å²) in [5.74, 6) is -3.34. The minimum absolute atomic E-state index is 0.196. The van der Waals surface area contributed by atoms with Crippen molar-refractivity contribution in [1.29, 1.82) is 0 Å². The van der Waals surface area contributed by atoms with Crippen molar-refractivity contribution in [2.24, 2.45) is 0 Å². The average Bonchev–Trinajstić information content (AvgIpc) is 2.79. The topological polar surface area (TPSA) is 112 Å². The standard InChI is InChI=1S/C28H53NO6/c1-5-9-10-11-12-13-14-15-16-17-18-19-20-21-22-29(23(6-2)26(30)31,24(7-3)27(32)33)25(8-4)28(34)35/h23-25H,5-22H2,1-4H3,(H2-,30,31,32,33,34,35)/p+1. The molecule has 0 rings (SSSR count). The summed E-state index contributed by atoms with van der Waals surface area (Å²) in [6, 6.07) is -3.17. The van der Waals surface area contributed by atoms with E-state index in [1.54, 1.807) is 20.8 Å². The van der Waals surface area contributed by atoms with Gasteiger partial charge in [0.1, 0.15) is 0 Å². The van der Waals surface area contributed by atoms with Crippen molar-refractivity contribution in [3.63, 3.8) is 0 Å². The van der Waals surface area contributed by atoms with Crippen LogP contribution < -0.4 is 0 Å². The average molecular weight is 501 g/mol. The molecule has 0 aliphatic carbocycles. The van der Waals surface area contributed by atoms with Crippen LogP contribution in [0, 0.1) is 0 Å². The van der Waals surface area contributed by atoms with Gasteiger partial charge in [-0.2, -0.15) is 0 Å². The van der Waals surface area contributed by atoms with Gasteiger partial charge >= 0.3 is 17.9 Å². The van der Waals surface area contributed by atoms with Crippen LogP contribution in [0.5, 0.6) is 0 Å². The molecule has 0 aromatic rings. The molecule has 0 fully saturated rings. The first-order valence-corrected chi connectivity index (χ1v) is 14.3. The Hall–Kier alpha value is -1.63. The second-order valence-corrected chi connectivity index (χ2v) is 10.1. The van der Waals surface area contributed by atoms with Crippen molar-refractivity contribution in [2.45, 2.75) is 155 Å². The predicted octanol–water partition coefficient (Wildman–Crippen LogP) is 6.87. The van der Waals surface area contributed by atoms with Gasteiger partial charge in [-0.15, -0.1) is 0 Å². The first-order valence-electron chi connectivity index (χ1n) is 14.3. The van der Waals surface area contributed by atoms with Gasteiger partial charge in [0, 0.05) is 19.3 Å². The molecular weight excluding hydrogens is 446 g/mol. The minimum atomic E-state index is -1.11. The number of nitrogens with zero attached hydrogens (tertiary/aromatic N) is 1. The van der Waals surface area contributed by atoms with E-state index in [1.165, 1.54) is 64.2 Å². The Kier molecular flexibility index (Phi) is 18.6. The zero-order chi connectivity index (χ0) is 26.7. The van der Waals surface area contributed by atoms with Crippen LogP contribution in [0.4, 0.5) is 0 Å². The Balaban J connectivity index is 4.90. The van der Waals surface area contributed by atoms with Crippen LogP contribution in [0.15, 0.2) is 0 Å². The first-order chi connectivity index (χ1) is 16.7. The number of carboxylic acid groups (broad SMARTS) is 3. The highest BCUT2D eigenvalue weighted by atomic mass is 16.4. The summed E-state index contributed by atoms with van der Waals surface area (Å²) in [5.41, 5.74) is 0. The number of rotatable bonds is 24. The van der Waals surface area contributed by atoms with Crippen molar-refractivity contribution in [1.82, 2.24) is 0 Å². The third-order valence-corrected chi connectivity index (χ3v) is 7.66. The zero-order valence-electron chi connectivity index (χ0n) is 23.0. The monoisotopic (exact) mass is 500 g/mol. The van der Waals surface area contributed by atoms with Gasteiger partial charge in [-0.25, -0.2) is 14.4 Å². The molecule has 0 aromatic carbocycles. The molecule has 35 heavy (non-hydrogen) atoms. The van der Waals surface area contributed by atoms with E-state index in [2.05, 4.69) is 6.92 Å². The minimum Gasteiger partial charge on any atom is -0.477 e. The lowest BCUT2D eigenvalue weighted by Crippen LogP contribution is -2.72. The fourth-order valence-corrected chi connectivity index (χ4v) is 5.86. The molecule has 0 aliphatic rings. The van der Waals surface area contributed by atoms with Crippen LogP contribution in [0.25, 0.3) is 0 Å². The lowest BCUT2D eigenvalue weighted by molar-refractivity contribution is -0.973. The van der Waals surface area contributed by atoms with Gasteiger partial charge in [0.05, 0.1) is 6.54 Å². The van der Waals surface area contributed by atoms with Crippen LogP contribution in [0.2, 0.25) is 0 Å². The molecule has 7 heteroatoms. The van der Waals surface area contributed by atoms with E-state index in [0.717, 1.165) is 19.3 Å². The highest BCUT2D eigenvalue weighted by Gasteiger charge is 2.55. The molecule has 0 bridgehead atoms. The Bertz CT molecular complexity index is 539. The van der Waals surface area contributed by atoms with E-state index in [4.69, 9.17) is 0 Å². The first kappa shape index (κ1) is 33.4. The fourth-order valence-electron chi connectivity index (χ4n) is 5.86. The SMILES string of the molecule is CCCCCCCCCCCCCCCC[N+](C(CC)C(=O)O)(C(CC)C(=O)O)C(CC)C(=O)O. The van der Waals surface area contributed by atoms with E-state index in [-0.39, 0.29) is 25.8 Å². The van der Waals surface area contributed by atoms with E-state index in [0.29, 0.717) is 6.42 Å². The summed E-state index contributed by atoms with van der Waals surface area (Å²) in [7, 11) is 0. The van der Waals surface area contributed by atoms with Crippen molar-refractivity contribution in [2.75, 3.05) is 6.54 Å². The molecule has 3 unspecified atom stereocenters. The smallest absolute Gasteiger partial charge is 0.362 e. The summed E-state index contributed by atoms with van der Waals surface area (Å²) in [4.78, 5) is 36.6. The van der Waals surface area contributed by atoms with Crippen LogP contribution in [-0.2, 0) is 14.4 Å². The van der Waals surface area contributed by atoms with E-state index < -0.39 is 40.5 Å². The number of carboxylic acids is 3. The number of hydrogen-bond acceptors (Lipinski definition) is 3. The molecule has 0 saturated heterocycles. The van der Waals surface area contributed by atoms with Crippen LogP contribution >= 0.6 is 0 Å². The van der Waals surface area contributed by atoms with Crippen molar-refractivity contribution in [3.05, 3.63) is 0 Å². The lowest BCUT2D eigenvalue weighted by Gasteiger charge is -2.49. The second kappa shape index (κ2) is 19.5. The van der Waals surface area contributed by atoms with Gasteiger partial charge in [0.2, 0.25) is 0 Å². The summed E-state index contributed by atoms with van der Waals surface area (Å²) in [6.45, 7) is 7.63. The summed E-state index contributed by atoms with van der Waals surface area (Å²) in [5, 5.41) is 29.9. The van der Waals surface area contributed by atoms with Gasteiger partial charge in [0.15, 0.2) is 18.1 Å². The number of aliphatic carboxylic acids is 3. The summed E-state index contributed by atoms with van der Waals surface area (Å²) < 4.78 is -0.401. The molecule has 0 saturated carbocycles. The highest BCUT2D eigenvalue weighted by Crippen LogP contribution is 2.32. The second-order valence-electron chi connectivity index (χ2n) is 10.1. The molecule has 0 amide bonds. The van der Waals surface area contributed by atoms with Crippen LogP contribution in [0.1, 0.15) is 137 Å². The molecule has 3 atom stereocenters. The van der Waals surface area contributed by atoms with Gasteiger partial charge in [-0.1, -0.05) is 105 Å². The quantitative estimate of drug-likeness (QED) is 0.0984. The Labute approximate surface area is 213 Å². The molecule has 7 nitrogen and oxygen atoms in total. The Morgan fingerprint density at radius 2 is 0.743 bits per heavy atom. The van der Waals surface area contributed by atoms with E-state index in [9.17, 15) is 29.7 Å². The maximum Gasteiger partial charge on any atom is 0.362 e. The predicted molar refractivity (Wildman–Crippen MR) is 141 cm³/mol.